The number of carboxylic acids is 1. The summed E-state index contributed by atoms with van der Waals surface area (Å²) < 4.78 is 0. The maximum Gasteiger partial charge on any atom is 0.305 e. The first-order valence-electron chi connectivity index (χ1n) is 8.62. The number of allylic oxidation sites excluding steroid dienone is 2. The first-order valence-corrected chi connectivity index (χ1v) is 8.62. The van der Waals surface area contributed by atoms with Gasteiger partial charge in [0.1, 0.15) is 0 Å². The molecule has 0 heterocycles. The summed E-state index contributed by atoms with van der Waals surface area (Å²) in [5.41, 5.74) is 0.949. The Hall–Kier alpha value is -1.21. The van der Waals surface area contributed by atoms with Crippen molar-refractivity contribution in [2.45, 2.75) is 63.4 Å². The van der Waals surface area contributed by atoms with Gasteiger partial charge >= 0.3 is 5.97 Å². The number of rotatable bonds is 7. The molecule has 6 heteroatoms. The second-order valence-corrected chi connectivity index (χ2v) is 7.16. The average Bonchev–Trinajstić information content (AvgIpc) is 2.45. The Morgan fingerprint density at radius 2 is 2.00 bits per heavy atom. The zero-order chi connectivity index (χ0) is 17.9. The number of carbonyl (C=O) groups is 1. The summed E-state index contributed by atoms with van der Waals surface area (Å²) in [4.78, 5) is 10.6. The van der Waals surface area contributed by atoms with Gasteiger partial charge in [-0.2, -0.15) is 0 Å². The number of hydrogen-bond acceptors (Lipinski definition) is 5. The van der Waals surface area contributed by atoms with E-state index in [0.717, 1.165) is 5.57 Å². The van der Waals surface area contributed by atoms with E-state index in [1.165, 1.54) is 0 Å². The molecule has 0 aliphatic heterocycles. The highest BCUT2D eigenvalue weighted by Crippen LogP contribution is 2.42. The first kappa shape index (κ1) is 19.1. The lowest BCUT2D eigenvalue weighted by Gasteiger charge is -2.41. The van der Waals surface area contributed by atoms with Crippen LogP contribution in [0, 0.1) is 17.8 Å². The summed E-state index contributed by atoms with van der Waals surface area (Å²) in [5.74, 6) is -0.743. The van der Waals surface area contributed by atoms with Crippen LogP contribution in [0.3, 0.4) is 0 Å². The van der Waals surface area contributed by atoms with Gasteiger partial charge in [-0.3, -0.25) is 4.79 Å². The van der Waals surface area contributed by atoms with Crippen LogP contribution in [-0.4, -0.2) is 55.9 Å². The van der Waals surface area contributed by atoms with Crippen LogP contribution >= 0.6 is 0 Å². The molecule has 0 saturated heterocycles. The number of aliphatic hydroxyl groups is 4. The van der Waals surface area contributed by atoms with E-state index in [-0.39, 0.29) is 30.6 Å². The minimum Gasteiger partial charge on any atom is -0.481 e. The lowest BCUT2D eigenvalue weighted by Crippen LogP contribution is -2.40. The third-order valence-corrected chi connectivity index (χ3v) is 5.18. The van der Waals surface area contributed by atoms with Crippen LogP contribution in [0.15, 0.2) is 23.8 Å². The monoisotopic (exact) mass is 340 g/mol. The van der Waals surface area contributed by atoms with Crippen LogP contribution in [0.1, 0.15) is 39.0 Å². The summed E-state index contributed by atoms with van der Waals surface area (Å²) in [6.07, 6.45) is 3.87. The van der Waals surface area contributed by atoms with E-state index < -0.39 is 30.4 Å². The van der Waals surface area contributed by atoms with E-state index in [9.17, 15) is 25.2 Å². The van der Waals surface area contributed by atoms with Gasteiger partial charge in [-0.15, -0.1) is 0 Å². The molecule has 0 aromatic rings. The second-order valence-electron chi connectivity index (χ2n) is 7.16. The van der Waals surface area contributed by atoms with E-state index >= 15 is 0 Å². The Bertz CT molecular complexity index is 500. The lowest BCUT2D eigenvalue weighted by atomic mass is 9.66. The number of aliphatic hydroxyl groups excluding tert-OH is 4. The van der Waals surface area contributed by atoms with E-state index in [2.05, 4.69) is 13.0 Å². The lowest BCUT2D eigenvalue weighted by molar-refractivity contribution is -0.139. The van der Waals surface area contributed by atoms with E-state index in [4.69, 9.17) is 5.11 Å². The number of aliphatic carboxylic acids is 1. The molecule has 0 saturated carbocycles. The zero-order valence-electron chi connectivity index (χ0n) is 14.0. The molecule has 136 valence electrons. The van der Waals surface area contributed by atoms with Crippen molar-refractivity contribution >= 4 is 5.97 Å². The summed E-state index contributed by atoms with van der Waals surface area (Å²) in [5, 5.41) is 48.5. The van der Waals surface area contributed by atoms with Gasteiger partial charge in [-0.05, 0) is 36.7 Å². The SMILES string of the molecule is CC1C=CC2=CC(O)CC(O)C2C1CCC(O)CC(O)CC(=O)O. The molecule has 2 rings (SSSR count). The minimum atomic E-state index is -1.08. The fourth-order valence-corrected chi connectivity index (χ4v) is 3.99. The molecule has 0 aromatic carbocycles. The normalized spacial score (nSPS) is 35.0. The van der Waals surface area contributed by atoms with Gasteiger partial charge in [0.25, 0.3) is 0 Å². The van der Waals surface area contributed by atoms with Crippen molar-refractivity contribution in [1.82, 2.24) is 0 Å². The smallest absolute Gasteiger partial charge is 0.305 e. The molecule has 0 fully saturated rings. The molecule has 5 N–H and O–H groups in total. The van der Waals surface area contributed by atoms with Crippen LogP contribution in [0.2, 0.25) is 0 Å². The van der Waals surface area contributed by atoms with Crippen molar-refractivity contribution < 1.29 is 30.3 Å². The molecule has 2 aliphatic carbocycles. The fraction of sp³-hybridized carbons (Fsp3) is 0.722. The highest BCUT2D eigenvalue weighted by molar-refractivity contribution is 5.67. The number of carboxylic acid groups (broad SMARTS) is 1. The summed E-state index contributed by atoms with van der Waals surface area (Å²) >= 11 is 0. The molecular weight excluding hydrogens is 312 g/mol. The van der Waals surface area contributed by atoms with Crippen LogP contribution < -0.4 is 0 Å². The molecule has 0 aromatic heterocycles. The van der Waals surface area contributed by atoms with Gasteiger partial charge in [0.15, 0.2) is 0 Å². The maximum atomic E-state index is 10.6. The fourth-order valence-electron chi connectivity index (χ4n) is 3.99. The predicted octanol–water partition coefficient (Wildman–Crippen LogP) is 0.843. The summed E-state index contributed by atoms with van der Waals surface area (Å²) in [6, 6.07) is 0. The Morgan fingerprint density at radius 1 is 1.29 bits per heavy atom. The van der Waals surface area contributed by atoms with E-state index in [0.29, 0.717) is 19.3 Å². The Balaban J connectivity index is 1.94. The average molecular weight is 340 g/mol. The van der Waals surface area contributed by atoms with Crippen molar-refractivity contribution in [1.29, 1.82) is 0 Å². The molecular formula is C18H28O6. The Kier molecular flexibility index (Phi) is 6.57. The first-order chi connectivity index (χ1) is 11.3. The van der Waals surface area contributed by atoms with Crippen LogP contribution in [0.4, 0.5) is 0 Å². The van der Waals surface area contributed by atoms with Crippen molar-refractivity contribution in [3.05, 3.63) is 23.8 Å². The Morgan fingerprint density at radius 3 is 2.67 bits per heavy atom. The van der Waals surface area contributed by atoms with Crippen molar-refractivity contribution in [3.63, 3.8) is 0 Å². The van der Waals surface area contributed by atoms with Gasteiger partial charge in [-0.25, -0.2) is 0 Å². The van der Waals surface area contributed by atoms with Gasteiger partial charge in [-0.1, -0.05) is 25.2 Å². The highest BCUT2D eigenvalue weighted by Gasteiger charge is 2.39. The van der Waals surface area contributed by atoms with Crippen molar-refractivity contribution in [2.75, 3.05) is 0 Å². The van der Waals surface area contributed by atoms with Crippen LogP contribution in [-0.2, 0) is 4.79 Å². The van der Waals surface area contributed by atoms with Gasteiger partial charge in [0.2, 0.25) is 0 Å². The highest BCUT2D eigenvalue weighted by atomic mass is 16.4. The molecule has 7 atom stereocenters. The largest absolute Gasteiger partial charge is 0.481 e. The predicted molar refractivity (Wildman–Crippen MR) is 88.1 cm³/mol. The molecule has 0 radical (unpaired) electrons. The second kappa shape index (κ2) is 8.25. The Labute approximate surface area is 142 Å². The molecule has 7 unspecified atom stereocenters. The van der Waals surface area contributed by atoms with Gasteiger partial charge in [0.05, 0.1) is 30.8 Å². The quantitative estimate of drug-likeness (QED) is 0.469. The maximum absolute atomic E-state index is 10.6. The van der Waals surface area contributed by atoms with Gasteiger partial charge < -0.3 is 25.5 Å². The topological polar surface area (TPSA) is 118 Å². The number of fused-ring (bicyclic) bond motifs is 1. The van der Waals surface area contributed by atoms with E-state index in [1.807, 2.05) is 6.08 Å². The van der Waals surface area contributed by atoms with Crippen molar-refractivity contribution in [3.8, 4) is 0 Å². The standard InChI is InChI=1S/C18H28O6/c1-10-2-3-11-6-13(20)8-16(22)18(11)15(10)5-4-12(19)7-14(21)9-17(23)24/h2-3,6,10,12-16,18-22H,4-5,7-9H2,1H3,(H,23,24). The molecule has 6 nitrogen and oxygen atoms in total. The molecule has 24 heavy (non-hydrogen) atoms. The summed E-state index contributed by atoms with van der Waals surface area (Å²) in [6.45, 7) is 2.07. The molecule has 0 bridgehead atoms. The molecule has 0 amide bonds. The third kappa shape index (κ3) is 4.89. The zero-order valence-corrected chi connectivity index (χ0v) is 14.0. The molecule has 2 aliphatic rings. The van der Waals surface area contributed by atoms with Crippen molar-refractivity contribution in [2.24, 2.45) is 17.8 Å². The number of hydrogen-bond donors (Lipinski definition) is 5. The van der Waals surface area contributed by atoms with Crippen LogP contribution in [0.25, 0.3) is 0 Å². The van der Waals surface area contributed by atoms with Crippen LogP contribution in [0.5, 0.6) is 0 Å². The molecule has 0 spiro atoms. The van der Waals surface area contributed by atoms with E-state index in [1.54, 1.807) is 6.08 Å². The summed E-state index contributed by atoms with van der Waals surface area (Å²) in [7, 11) is 0. The minimum absolute atomic E-state index is 0.0396. The third-order valence-electron chi connectivity index (χ3n) is 5.18. The van der Waals surface area contributed by atoms with Gasteiger partial charge in [0, 0.05) is 12.3 Å².